The third-order valence-electron chi connectivity index (χ3n) is 11.9. The van der Waals surface area contributed by atoms with E-state index >= 15 is 0 Å². The van der Waals surface area contributed by atoms with Gasteiger partial charge in [0.05, 0.1) is 5.41 Å². The number of benzene rings is 2. The molecule has 6 aliphatic carbocycles. The van der Waals surface area contributed by atoms with Crippen LogP contribution in [-0.4, -0.2) is 69.8 Å². The van der Waals surface area contributed by atoms with Crippen LogP contribution < -0.4 is 4.74 Å². The second kappa shape index (κ2) is 7.27. The number of carbonyl (C=O) groups is 1. The molecule has 39 heavy (non-hydrogen) atoms. The molecular weight excluding hydrogens is 488 g/mol. The first-order chi connectivity index (χ1) is 18.9. The van der Waals surface area contributed by atoms with E-state index in [-0.39, 0.29) is 29.2 Å². The van der Waals surface area contributed by atoms with Crippen LogP contribution in [0.15, 0.2) is 54.1 Å². The van der Waals surface area contributed by atoms with Gasteiger partial charge >= 0.3 is 0 Å². The van der Waals surface area contributed by atoms with E-state index in [0.717, 1.165) is 50.3 Å². The molecule has 3 saturated carbocycles. The van der Waals surface area contributed by atoms with Crippen LogP contribution in [0.1, 0.15) is 61.1 Å². The van der Waals surface area contributed by atoms with Gasteiger partial charge in [0.25, 0.3) is 5.91 Å². The Balaban J connectivity index is 1.16. The Hall–Kier alpha value is -2.83. The second-order valence-electron chi connectivity index (χ2n) is 13.6. The molecule has 10 rings (SSSR count). The van der Waals surface area contributed by atoms with Crippen molar-refractivity contribution < 1.29 is 19.7 Å². The summed E-state index contributed by atoms with van der Waals surface area (Å²) >= 11 is 0. The molecule has 1 saturated heterocycles. The minimum Gasteiger partial charge on any atom is -0.504 e. The van der Waals surface area contributed by atoms with E-state index in [0.29, 0.717) is 23.7 Å². The zero-order valence-electron chi connectivity index (χ0n) is 22.5. The maximum atomic E-state index is 14.3. The Kier molecular flexibility index (Phi) is 4.27. The standard InChI is InChI=1S/C33H36N2O4/c1-34(24-16-22(24)20-5-3-2-4-6-20)29(37)23-17-31-11-12-33(23,38)30-32(31)13-14-35(18-19-7-8-19)26(31)15-21-9-10-25(36)28(39-30)27(21)32/h2-6,9-10,17,19,22,24,26,30,36,38H,7-8,11-16,18H2,1H3/t22-,24+,26+,30+,31+,32-,33+/m0/s1. The van der Waals surface area contributed by atoms with Gasteiger partial charge in [-0.1, -0.05) is 42.5 Å². The maximum Gasteiger partial charge on any atom is 0.252 e. The van der Waals surface area contributed by atoms with Crippen LogP contribution in [0.5, 0.6) is 11.5 Å². The summed E-state index contributed by atoms with van der Waals surface area (Å²) in [6, 6.07) is 14.7. The molecule has 0 aromatic heterocycles. The lowest BCUT2D eigenvalue weighted by molar-refractivity contribution is -0.188. The number of piperidine rings is 1. The quantitative estimate of drug-likeness (QED) is 0.621. The van der Waals surface area contributed by atoms with Gasteiger partial charge in [-0.15, -0.1) is 0 Å². The van der Waals surface area contributed by atoms with Crippen LogP contribution in [0.4, 0.5) is 0 Å². The van der Waals surface area contributed by atoms with Gasteiger partial charge in [-0.2, -0.15) is 0 Å². The Bertz CT molecular complexity index is 1450. The zero-order chi connectivity index (χ0) is 26.3. The largest absolute Gasteiger partial charge is 0.504 e. The van der Waals surface area contributed by atoms with Crippen molar-refractivity contribution in [2.45, 2.75) is 80.1 Å². The second-order valence-corrected chi connectivity index (χ2v) is 13.6. The molecule has 7 atom stereocenters. The molecule has 2 N–H and O–H groups in total. The molecule has 0 radical (unpaired) electrons. The highest BCUT2D eigenvalue weighted by Gasteiger charge is 2.79. The summed E-state index contributed by atoms with van der Waals surface area (Å²) in [6.07, 6.45) is 8.43. The van der Waals surface area contributed by atoms with E-state index in [4.69, 9.17) is 4.74 Å². The van der Waals surface area contributed by atoms with Gasteiger partial charge in [0, 0.05) is 48.1 Å². The third-order valence-corrected chi connectivity index (χ3v) is 11.9. The van der Waals surface area contributed by atoms with Crippen molar-refractivity contribution in [3.05, 3.63) is 70.8 Å². The van der Waals surface area contributed by atoms with Gasteiger partial charge in [-0.25, -0.2) is 0 Å². The van der Waals surface area contributed by atoms with Crippen LogP contribution in [0, 0.1) is 11.3 Å². The lowest BCUT2D eigenvalue weighted by atomic mass is 9.38. The number of nitrogens with zero attached hydrogens (tertiary/aromatic N) is 2. The fourth-order valence-electron chi connectivity index (χ4n) is 9.81. The van der Waals surface area contributed by atoms with Crippen LogP contribution in [0.3, 0.4) is 0 Å². The third kappa shape index (κ3) is 2.68. The molecule has 6 heteroatoms. The summed E-state index contributed by atoms with van der Waals surface area (Å²) in [6.45, 7) is 2.10. The maximum absolute atomic E-state index is 14.3. The number of hydrogen-bond donors (Lipinski definition) is 2. The van der Waals surface area contributed by atoms with Crippen molar-refractivity contribution in [1.82, 2.24) is 9.80 Å². The Morgan fingerprint density at radius 1 is 1.13 bits per heavy atom. The number of rotatable bonds is 5. The molecule has 2 spiro atoms. The molecule has 4 bridgehead atoms. The summed E-state index contributed by atoms with van der Waals surface area (Å²) in [7, 11) is 1.91. The first kappa shape index (κ1) is 22.9. The number of likely N-dealkylation sites (N-methyl/N-ethyl adjacent to an activating group) is 1. The Morgan fingerprint density at radius 2 is 1.95 bits per heavy atom. The minimum atomic E-state index is -1.37. The molecule has 2 aromatic rings. The average Bonchev–Trinajstić information content (AvgIpc) is 3.88. The summed E-state index contributed by atoms with van der Waals surface area (Å²) < 4.78 is 6.67. The number of aromatic hydroxyl groups is 1. The molecule has 2 aromatic carbocycles. The van der Waals surface area contributed by atoms with E-state index in [9.17, 15) is 15.0 Å². The molecule has 4 fully saturated rings. The molecular formula is C33H36N2O4. The first-order valence-corrected chi connectivity index (χ1v) is 14.9. The molecule has 2 aliphatic heterocycles. The molecule has 8 aliphatic rings. The van der Waals surface area contributed by atoms with Gasteiger partial charge in [-0.3, -0.25) is 9.69 Å². The number of phenols is 1. The molecule has 6 nitrogen and oxygen atoms in total. The molecule has 0 unspecified atom stereocenters. The van der Waals surface area contributed by atoms with E-state index in [1.165, 1.54) is 24.0 Å². The average molecular weight is 525 g/mol. The SMILES string of the molecule is CN(C(=O)C1=C[C@@]23CC[C@]1(O)[C@@H]1Oc4c(O)ccc5c4[C@@]12CCN(CC1CC1)[C@@H]3C5)[C@@H]1C[C@H]1c1ccccc1. The first-order valence-electron chi connectivity index (χ1n) is 14.9. The zero-order valence-corrected chi connectivity index (χ0v) is 22.5. The summed E-state index contributed by atoms with van der Waals surface area (Å²) in [4.78, 5) is 18.9. The normalized spacial score (nSPS) is 40.5. The number of hydrogen-bond acceptors (Lipinski definition) is 5. The van der Waals surface area contributed by atoms with Gasteiger partial charge in [0.2, 0.25) is 0 Å². The minimum absolute atomic E-state index is 0.0590. The fraction of sp³-hybridized carbons (Fsp3) is 0.545. The topological polar surface area (TPSA) is 73.2 Å². The number of carbonyl (C=O) groups excluding carboxylic acids is 1. The van der Waals surface area contributed by atoms with Crippen molar-refractivity contribution in [2.24, 2.45) is 11.3 Å². The van der Waals surface area contributed by atoms with E-state index in [2.05, 4.69) is 41.3 Å². The fourth-order valence-corrected chi connectivity index (χ4v) is 9.81. The number of ether oxygens (including phenoxy) is 1. The highest BCUT2D eigenvalue weighted by atomic mass is 16.5. The van der Waals surface area contributed by atoms with Crippen molar-refractivity contribution in [3.8, 4) is 11.5 Å². The summed E-state index contributed by atoms with van der Waals surface area (Å²) in [5.74, 6) is 1.78. The van der Waals surface area contributed by atoms with Gasteiger partial charge in [-0.05, 0) is 74.6 Å². The Labute approximate surface area is 229 Å². The molecule has 1 amide bonds. The van der Waals surface area contributed by atoms with Crippen LogP contribution in [0.25, 0.3) is 0 Å². The molecule has 2 heterocycles. The lowest BCUT2D eigenvalue weighted by Gasteiger charge is -2.70. The van der Waals surface area contributed by atoms with Crippen molar-refractivity contribution >= 4 is 5.91 Å². The predicted octanol–water partition coefficient (Wildman–Crippen LogP) is 3.90. The smallest absolute Gasteiger partial charge is 0.252 e. The van der Waals surface area contributed by atoms with Gasteiger partial charge in [0.1, 0.15) is 11.7 Å². The number of amides is 1. The van der Waals surface area contributed by atoms with Gasteiger partial charge in [0.15, 0.2) is 11.5 Å². The number of fused-ring (bicyclic) bond motifs is 1. The highest BCUT2D eigenvalue weighted by Crippen LogP contribution is 2.74. The van der Waals surface area contributed by atoms with Crippen molar-refractivity contribution in [2.75, 3.05) is 20.1 Å². The van der Waals surface area contributed by atoms with Crippen molar-refractivity contribution in [1.29, 1.82) is 0 Å². The summed E-state index contributed by atoms with van der Waals surface area (Å²) in [5, 5.41) is 23.5. The van der Waals surface area contributed by atoms with Crippen LogP contribution >= 0.6 is 0 Å². The number of aliphatic hydroxyl groups is 1. The molecule has 202 valence electrons. The predicted molar refractivity (Wildman–Crippen MR) is 146 cm³/mol. The van der Waals surface area contributed by atoms with E-state index in [1.54, 1.807) is 6.07 Å². The highest BCUT2D eigenvalue weighted by molar-refractivity contribution is 5.97. The van der Waals surface area contributed by atoms with Crippen LogP contribution in [-0.2, 0) is 16.6 Å². The van der Waals surface area contributed by atoms with Crippen molar-refractivity contribution in [3.63, 3.8) is 0 Å². The van der Waals surface area contributed by atoms with E-state index in [1.807, 2.05) is 18.0 Å². The summed E-state index contributed by atoms with van der Waals surface area (Å²) in [5.41, 5.74) is 2.12. The lowest BCUT2D eigenvalue weighted by Crippen LogP contribution is -2.78. The monoisotopic (exact) mass is 524 g/mol. The van der Waals surface area contributed by atoms with Gasteiger partial charge < -0.3 is 19.8 Å². The number of likely N-dealkylation sites (tertiary alicyclic amines) is 1. The van der Waals surface area contributed by atoms with Crippen LogP contribution in [0.2, 0.25) is 0 Å². The van der Waals surface area contributed by atoms with E-state index < -0.39 is 17.1 Å². The Morgan fingerprint density at radius 3 is 2.74 bits per heavy atom. The number of phenolic OH excluding ortho intramolecular Hbond substituents is 1.